The maximum absolute atomic E-state index is 12.0. The molecule has 0 spiro atoms. The van der Waals surface area contributed by atoms with E-state index in [-0.39, 0.29) is 25.0 Å². The number of rotatable bonds is 8. The Morgan fingerprint density at radius 3 is 1.78 bits per heavy atom. The number of benzene rings is 1. The number of amides is 2. The summed E-state index contributed by atoms with van der Waals surface area (Å²) in [6, 6.07) is 0. The van der Waals surface area contributed by atoms with E-state index in [4.69, 9.17) is 9.47 Å². The predicted molar refractivity (Wildman–Crippen MR) is 129 cm³/mol. The fraction of sp³-hybridized carbons (Fsp3) is 0.471. The van der Waals surface area contributed by atoms with Crippen molar-refractivity contribution in [1.29, 1.82) is 0 Å². The van der Waals surface area contributed by atoms with E-state index in [1.165, 1.54) is 13.8 Å². The van der Waals surface area contributed by atoms with Crippen LogP contribution in [0.15, 0.2) is 0 Å². The van der Waals surface area contributed by atoms with E-state index in [0.29, 0.717) is 17.8 Å². The van der Waals surface area contributed by atoms with E-state index < -0.39 is 12.1 Å². The van der Waals surface area contributed by atoms with E-state index >= 15 is 0 Å². The van der Waals surface area contributed by atoms with Gasteiger partial charge in [-0.1, -0.05) is 6.92 Å². The first-order valence-corrected chi connectivity index (χ1v) is 11.4. The molecule has 2 amide bonds. The van der Waals surface area contributed by atoms with Crippen molar-refractivity contribution in [3.63, 3.8) is 0 Å². The summed E-state index contributed by atoms with van der Waals surface area (Å²) in [5.41, 5.74) is 2.00. The normalized spacial score (nSPS) is 11.7. The summed E-state index contributed by atoms with van der Waals surface area (Å²) in [5.74, 6) is -0.837. The number of halogens is 3. The molecule has 0 saturated heterocycles. The van der Waals surface area contributed by atoms with Crippen molar-refractivity contribution in [2.75, 3.05) is 17.2 Å². The SMILES string of the molecule is CCOC(=O)C(CC)OCc1c(I)c(NC(C)=O)c(I)c(NC(C)=O)c1I. The molecule has 27 heavy (non-hydrogen) atoms. The highest BCUT2D eigenvalue weighted by Gasteiger charge is 2.24. The number of hydrogen-bond donors (Lipinski definition) is 2. The third-order valence-corrected chi connectivity index (χ3v) is 6.82. The Morgan fingerprint density at radius 1 is 0.926 bits per heavy atom. The minimum absolute atomic E-state index is 0.143. The van der Waals surface area contributed by atoms with Crippen LogP contribution in [0.5, 0.6) is 0 Å². The molecule has 1 aromatic rings. The standard InChI is InChI=1S/C17H21I3N2O5/c1-5-11(17(25)26-6-2)27-7-10-12(18)15(21-8(3)23)14(20)16(13(10)19)22-9(4)24/h11H,5-7H2,1-4H3,(H,21,23)(H,22,24). The molecule has 1 aromatic carbocycles. The Morgan fingerprint density at radius 2 is 1.41 bits per heavy atom. The molecule has 1 rings (SSSR count). The van der Waals surface area contributed by atoms with Crippen LogP contribution in [0.4, 0.5) is 11.4 Å². The number of ether oxygens (including phenoxy) is 2. The molecule has 0 fully saturated rings. The number of hydrogen-bond acceptors (Lipinski definition) is 5. The minimum Gasteiger partial charge on any atom is -0.464 e. The molecular weight excluding hydrogens is 693 g/mol. The molecular formula is C17H21I3N2O5. The van der Waals surface area contributed by atoms with Gasteiger partial charge in [0.25, 0.3) is 0 Å². The average Bonchev–Trinajstić information content (AvgIpc) is 2.58. The fourth-order valence-electron chi connectivity index (χ4n) is 2.19. The quantitative estimate of drug-likeness (QED) is 0.310. The van der Waals surface area contributed by atoms with Crippen molar-refractivity contribution in [2.24, 2.45) is 0 Å². The van der Waals surface area contributed by atoms with Crippen LogP contribution in [-0.4, -0.2) is 30.5 Å². The largest absolute Gasteiger partial charge is 0.464 e. The summed E-state index contributed by atoms with van der Waals surface area (Å²) in [6.45, 7) is 6.87. The molecule has 0 saturated carbocycles. The molecule has 0 aliphatic rings. The maximum Gasteiger partial charge on any atom is 0.335 e. The lowest BCUT2D eigenvalue weighted by atomic mass is 10.1. The van der Waals surface area contributed by atoms with Crippen LogP contribution in [0.2, 0.25) is 0 Å². The Hall–Kier alpha value is -0.220. The zero-order valence-electron chi connectivity index (χ0n) is 15.4. The zero-order chi connectivity index (χ0) is 20.7. The fourth-order valence-corrected chi connectivity index (χ4v) is 6.20. The molecule has 1 atom stereocenters. The molecule has 1 unspecified atom stereocenters. The van der Waals surface area contributed by atoms with Gasteiger partial charge in [0.15, 0.2) is 6.10 Å². The molecule has 0 bridgehead atoms. The lowest BCUT2D eigenvalue weighted by Gasteiger charge is -2.21. The Labute approximate surface area is 199 Å². The molecule has 7 nitrogen and oxygen atoms in total. The molecule has 2 N–H and O–H groups in total. The first kappa shape index (κ1) is 24.8. The molecule has 0 aliphatic carbocycles. The Balaban J connectivity index is 3.33. The van der Waals surface area contributed by atoms with Crippen LogP contribution in [0.25, 0.3) is 0 Å². The third kappa shape index (κ3) is 6.96. The van der Waals surface area contributed by atoms with Gasteiger partial charge in [-0.05, 0) is 81.1 Å². The van der Waals surface area contributed by atoms with Crippen LogP contribution in [0.1, 0.15) is 39.7 Å². The van der Waals surface area contributed by atoms with Crippen molar-refractivity contribution in [2.45, 2.75) is 46.8 Å². The van der Waals surface area contributed by atoms with Gasteiger partial charge in [-0.3, -0.25) is 9.59 Å². The summed E-state index contributed by atoms with van der Waals surface area (Å²) in [7, 11) is 0. The summed E-state index contributed by atoms with van der Waals surface area (Å²) in [6.07, 6.45) is -0.197. The molecule has 10 heteroatoms. The molecule has 0 aromatic heterocycles. The lowest BCUT2D eigenvalue weighted by Crippen LogP contribution is -2.26. The first-order chi connectivity index (χ1) is 12.6. The van der Waals surface area contributed by atoms with Crippen molar-refractivity contribution >= 4 is 96.9 Å². The highest BCUT2D eigenvalue weighted by Crippen LogP contribution is 2.39. The van der Waals surface area contributed by atoms with E-state index in [1.807, 2.05) is 6.92 Å². The number of carbonyl (C=O) groups is 3. The van der Waals surface area contributed by atoms with Gasteiger partial charge in [-0.25, -0.2) is 4.79 Å². The Kier molecular flexibility index (Phi) is 10.8. The Bertz CT molecular complexity index is 697. The zero-order valence-corrected chi connectivity index (χ0v) is 21.8. The number of anilines is 2. The second-order valence-electron chi connectivity index (χ2n) is 5.49. The highest BCUT2D eigenvalue weighted by molar-refractivity contribution is 14.1. The van der Waals surface area contributed by atoms with Gasteiger partial charge in [0.1, 0.15) is 0 Å². The van der Waals surface area contributed by atoms with E-state index in [1.54, 1.807) is 6.92 Å². The summed E-state index contributed by atoms with van der Waals surface area (Å²) in [4.78, 5) is 35.2. The topological polar surface area (TPSA) is 93.7 Å². The lowest BCUT2D eigenvalue weighted by molar-refractivity contribution is -0.157. The van der Waals surface area contributed by atoms with Crippen LogP contribution < -0.4 is 10.6 Å². The van der Waals surface area contributed by atoms with Crippen molar-refractivity contribution in [3.05, 3.63) is 16.3 Å². The summed E-state index contributed by atoms with van der Waals surface area (Å²) in [5, 5.41) is 5.62. The van der Waals surface area contributed by atoms with Crippen LogP contribution in [-0.2, 0) is 30.5 Å². The highest BCUT2D eigenvalue weighted by atomic mass is 127. The maximum atomic E-state index is 12.0. The van der Waals surface area contributed by atoms with Crippen molar-refractivity contribution in [3.8, 4) is 0 Å². The van der Waals surface area contributed by atoms with Crippen molar-refractivity contribution in [1.82, 2.24) is 0 Å². The number of nitrogens with one attached hydrogen (secondary N) is 2. The smallest absolute Gasteiger partial charge is 0.335 e. The monoisotopic (exact) mass is 714 g/mol. The van der Waals surface area contributed by atoms with Crippen molar-refractivity contribution < 1.29 is 23.9 Å². The third-order valence-electron chi connectivity index (χ3n) is 3.36. The average molecular weight is 714 g/mol. The summed E-state index contributed by atoms with van der Waals surface area (Å²) < 4.78 is 13.2. The van der Waals surface area contributed by atoms with E-state index in [9.17, 15) is 14.4 Å². The van der Waals surface area contributed by atoms with Gasteiger partial charge >= 0.3 is 5.97 Å². The van der Waals surface area contributed by atoms with Gasteiger partial charge in [0.05, 0.1) is 28.2 Å². The molecule has 0 heterocycles. The number of esters is 1. The molecule has 0 aliphatic heterocycles. The van der Waals surface area contributed by atoms with Crippen LogP contribution in [0, 0.1) is 10.7 Å². The van der Waals surface area contributed by atoms with Gasteiger partial charge in [0, 0.05) is 26.6 Å². The van der Waals surface area contributed by atoms with E-state index in [0.717, 1.165) is 16.3 Å². The molecule has 0 radical (unpaired) electrons. The number of carbonyl (C=O) groups excluding carboxylic acids is 3. The van der Waals surface area contributed by atoms with Crippen LogP contribution in [0.3, 0.4) is 0 Å². The second-order valence-corrected chi connectivity index (χ2v) is 8.73. The van der Waals surface area contributed by atoms with E-state index in [2.05, 4.69) is 78.4 Å². The first-order valence-electron chi connectivity index (χ1n) is 8.16. The molecule has 150 valence electrons. The van der Waals surface area contributed by atoms with Gasteiger partial charge in [0.2, 0.25) is 11.8 Å². The second kappa shape index (κ2) is 11.7. The van der Waals surface area contributed by atoms with Gasteiger partial charge in [-0.15, -0.1) is 0 Å². The van der Waals surface area contributed by atoms with Gasteiger partial charge in [-0.2, -0.15) is 0 Å². The minimum atomic E-state index is -0.677. The summed E-state index contributed by atoms with van der Waals surface area (Å²) >= 11 is 6.36. The van der Waals surface area contributed by atoms with Gasteiger partial charge < -0.3 is 20.1 Å². The predicted octanol–water partition coefficient (Wildman–Crippen LogP) is 4.28. The van der Waals surface area contributed by atoms with Crippen LogP contribution >= 0.6 is 67.8 Å².